The van der Waals surface area contributed by atoms with E-state index in [0.717, 1.165) is 25.7 Å². The summed E-state index contributed by atoms with van der Waals surface area (Å²) in [6, 6.07) is -0.505. The second kappa shape index (κ2) is 15.9. The van der Waals surface area contributed by atoms with Crippen molar-refractivity contribution in [3.8, 4) is 0 Å². The van der Waals surface area contributed by atoms with E-state index in [1.165, 1.54) is 43.4 Å². The Labute approximate surface area is 206 Å². The van der Waals surface area contributed by atoms with Crippen LogP contribution in [0.5, 0.6) is 0 Å². The normalized spacial score (nSPS) is 20.4. The van der Waals surface area contributed by atoms with E-state index < -0.39 is 26.1 Å². The smallest absolute Gasteiger partial charge is 0.441 e. The number of phosphoric ester groups is 1. The third-order valence-electron chi connectivity index (χ3n) is 5.98. The molecule has 1 heterocycles. The van der Waals surface area contributed by atoms with E-state index in [1.54, 1.807) is 0 Å². The third-order valence-corrected chi connectivity index (χ3v) is 6.96. The summed E-state index contributed by atoms with van der Waals surface area (Å²) < 4.78 is 28.3. The first-order chi connectivity index (χ1) is 16.0. The van der Waals surface area contributed by atoms with Gasteiger partial charge in [-0.15, -0.1) is 0 Å². The lowest BCUT2D eigenvalue weighted by molar-refractivity contribution is -0.870. The van der Waals surface area contributed by atoms with Crippen LogP contribution in [0, 0.1) is 0 Å². The molecule has 0 bridgehead atoms. The molecule has 1 fully saturated rings. The molecule has 2 amide bonds. The number of imide groups is 1. The van der Waals surface area contributed by atoms with Gasteiger partial charge in [-0.05, 0) is 12.8 Å². The van der Waals surface area contributed by atoms with Gasteiger partial charge < -0.3 is 14.1 Å². The fourth-order valence-corrected chi connectivity index (χ4v) is 4.67. The van der Waals surface area contributed by atoms with Crippen LogP contribution in [0.3, 0.4) is 0 Å². The van der Waals surface area contributed by atoms with Gasteiger partial charge in [-0.3, -0.25) is 13.8 Å². The van der Waals surface area contributed by atoms with E-state index in [0.29, 0.717) is 23.9 Å². The highest BCUT2D eigenvalue weighted by Crippen LogP contribution is 2.44. The Bertz CT molecular complexity index is 654. The number of likely N-dealkylation sites (N-methyl/N-ethyl adjacent to an activating group) is 1. The van der Waals surface area contributed by atoms with E-state index >= 15 is 0 Å². The molecule has 1 aliphatic rings. The lowest BCUT2D eigenvalue weighted by Crippen LogP contribution is -2.42. The average Bonchev–Trinajstić information content (AvgIpc) is 3.05. The Hall–Kier alpha value is -0.990. The number of phosphoric acid groups is 1. The van der Waals surface area contributed by atoms with Crippen LogP contribution in [-0.4, -0.2) is 79.3 Å². The minimum Gasteiger partial charge on any atom is -0.441 e. The van der Waals surface area contributed by atoms with Gasteiger partial charge in [-0.25, -0.2) is 14.3 Å². The standard InChI is InChI=1S/C24H47N2O7P/c1-6-8-9-10-11-12-13-14-15-17-23(27)25-21(16-7-2)22(33-24(25)28)20-32-34(29,30)31-19-18-26(3,4)5/h21-22H,6-20H2,1-5H3/p+1/t21-,22+/m1/s1. The molecule has 1 N–H and O–H groups in total. The Kier molecular flexibility index (Phi) is 14.5. The highest BCUT2D eigenvalue weighted by atomic mass is 31.2. The third kappa shape index (κ3) is 12.6. The number of quaternary nitrogens is 1. The van der Waals surface area contributed by atoms with Crippen LogP contribution in [0.15, 0.2) is 0 Å². The molecule has 1 rings (SSSR count). The number of hydrogen-bond acceptors (Lipinski definition) is 6. The van der Waals surface area contributed by atoms with Crippen LogP contribution in [0.25, 0.3) is 0 Å². The summed E-state index contributed by atoms with van der Waals surface area (Å²) in [5.41, 5.74) is 0. The first-order valence-electron chi connectivity index (χ1n) is 13.0. The van der Waals surface area contributed by atoms with E-state index in [-0.39, 0.29) is 19.1 Å². The zero-order valence-corrected chi connectivity index (χ0v) is 22.9. The quantitative estimate of drug-likeness (QED) is 0.144. The summed E-state index contributed by atoms with van der Waals surface area (Å²) in [6.07, 6.45) is 10.4. The maximum Gasteiger partial charge on any atom is 0.472 e. The number of carbonyl (C=O) groups is 2. The van der Waals surface area contributed by atoms with Crippen molar-refractivity contribution in [2.75, 3.05) is 40.9 Å². The van der Waals surface area contributed by atoms with Gasteiger partial charge in [-0.1, -0.05) is 71.6 Å². The van der Waals surface area contributed by atoms with Crippen LogP contribution in [0.1, 0.15) is 90.9 Å². The van der Waals surface area contributed by atoms with Crippen molar-refractivity contribution in [1.29, 1.82) is 0 Å². The minimum atomic E-state index is -4.28. The topological polar surface area (TPSA) is 102 Å². The van der Waals surface area contributed by atoms with Crippen LogP contribution >= 0.6 is 7.82 Å². The number of carbonyl (C=O) groups excluding carboxylic acids is 2. The van der Waals surface area contributed by atoms with Gasteiger partial charge in [0.1, 0.15) is 19.3 Å². The molecule has 200 valence electrons. The molecule has 1 saturated heterocycles. The summed E-state index contributed by atoms with van der Waals surface area (Å²) in [4.78, 5) is 36.4. The fraction of sp³-hybridized carbons (Fsp3) is 0.917. The van der Waals surface area contributed by atoms with Gasteiger partial charge in [0.15, 0.2) is 0 Å². The molecular weight excluding hydrogens is 459 g/mol. The number of hydrogen-bond donors (Lipinski definition) is 1. The highest BCUT2D eigenvalue weighted by Gasteiger charge is 2.45. The summed E-state index contributed by atoms with van der Waals surface area (Å²) in [6.45, 7) is 4.46. The number of ether oxygens (including phenoxy) is 1. The second-order valence-corrected chi connectivity index (χ2v) is 11.7. The summed E-state index contributed by atoms with van der Waals surface area (Å²) >= 11 is 0. The SMILES string of the molecule is CCCCCCCCCCCC(=O)N1C(=O)O[C@@H](COP(=O)(O)OCC[N+](C)(C)C)[C@H]1CCC. The number of cyclic esters (lactones) is 1. The van der Waals surface area contributed by atoms with Crippen molar-refractivity contribution in [3.63, 3.8) is 0 Å². The van der Waals surface area contributed by atoms with Crippen LogP contribution < -0.4 is 0 Å². The van der Waals surface area contributed by atoms with Crippen molar-refractivity contribution in [2.24, 2.45) is 0 Å². The van der Waals surface area contributed by atoms with Crippen molar-refractivity contribution in [2.45, 2.75) is 103 Å². The van der Waals surface area contributed by atoms with Crippen molar-refractivity contribution >= 4 is 19.8 Å². The first kappa shape index (κ1) is 31.0. The Morgan fingerprint density at radius 2 is 1.59 bits per heavy atom. The highest BCUT2D eigenvalue weighted by molar-refractivity contribution is 7.47. The predicted octanol–water partition coefficient (Wildman–Crippen LogP) is 5.26. The lowest BCUT2D eigenvalue weighted by atomic mass is 10.0. The predicted molar refractivity (Wildman–Crippen MR) is 132 cm³/mol. The molecule has 0 aromatic carbocycles. The van der Waals surface area contributed by atoms with E-state index in [4.69, 9.17) is 13.8 Å². The number of nitrogens with zero attached hydrogens (tertiary/aromatic N) is 2. The van der Waals surface area contributed by atoms with Gasteiger partial charge in [-0.2, -0.15) is 0 Å². The Balaban J connectivity index is 2.46. The van der Waals surface area contributed by atoms with Gasteiger partial charge in [0.05, 0.1) is 33.8 Å². The van der Waals surface area contributed by atoms with Crippen molar-refractivity contribution < 1.29 is 37.3 Å². The molecular formula is C24H48N2O7P+. The molecule has 9 nitrogen and oxygen atoms in total. The molecule has 0 saturated carbocycles. The molecule has 1 unspecified atom stereocenters. The fourth-order valence-electron chi connectivity index (χ4n) is 3.95. The van der Waals surface area contributed by atoms with Gasteiger partial charge >= 0.3 is 13.9 Å². The Morgan fingerprint density at radius 3 is 2.15 bits per heavy atom. The molecule has 0 aliphatic carbocycles. The molecule has 0 aromatic rings. The maximum atomic E-state index is 12.8. The average molecular weight is 508 g/mol. The first-order valence-corrected chi connectivity index (χ1v) is 14.4. The van der Waals surface area contributed by atoms with Gasteiger partial charge in [0, 0.05) is 6.42 Å². The van der Waals surface area contributed by atoms with Crippen LogP contribution in [-0.2, 0) is 23.1 Å². The molecule has 0 radical (unpaired) electrons. The number of unbranched alkanes of at least 4 members (excludes halogenated alkanes) is 8. The summed E-state index contributed by atoms with van der Waals surface area (Å²) in [5.74, 6) is -0.250. The van der Waals surface area contributed by atoms with Gasteiger partial charge in [0.2, 0.25) is 5.91 Å². The van der Waals surface area contributed by atoms with Crippen LogP contribution in [0.2, 0.25) is 0 Å². The number of amides is 2. The van der Waals surface area contributed by atoms with Crippen molar-refractivity contribution in [3.05, 3.63) is 0 Å². The largest absolute Gasteiger partial charge is 0.472 e. The van der Waals surface area contributed by atoms with E-state index in [2.05, 4.69) is 6.92 Å². The zero-order chi connectivity index (χ0) is 25.6. The Morgan fingerprint density at radius 1 is 1.00 bits per heavy atom. The maximum absolute atomic E-state index is 12.8. The monoisotopic (exact) mass is 507 g/mol. The molecule has 10 heteroatoms. The second-order valence-electron chi connectivity index (χ2n) is 10.2. The number of rotatable bonds is 19. The molecule has 3 atom stereocenters. The minimum absolute atomic E-state index is 0.0590. The lowest BCUT2D eigenvalue weighted by Gasteiger charge is -2.25. The van der Waals surface area contributed by atoms with Crippen LogP contribution in [0.4, 0.5) is 4.79 Å². The molecule has 1 aliphatic heterocycles. The van der Waals surface area contributed by atoms with E-state index in [1.807, 2.05) is 28.1 Å². The summed E-state index contributed by atoms with van der Waals surface area (Å²) in [5, 5.41) is 0. The zero-order valence-electron chi connectivity index (χ0n) is 22.0. The van der Waals surface area contributed by atoms with Crippen molar-refractivity contribution in [1.82, 2.24) is 4.90 Å². The summed E-state index contributed by atoms with van der Waals surface area (Å²) in [7, 11) is 1.55. The molecule has 34 heavy (non-hydrogen) atoms. The molecule has 0 aromatic heterocycles. The molecule has 0 spiro atoms. The van der Waals surface area contributed by atoms with Gasteiger partial charge in [0.25, 0.3) is 0 Å². The van der Waals surface area contributed by atoms with E-state index in [9.17, 15) is 19.0 Å².